The predicted octanol–water partition coefficient (Wildman–Crippen LogP) is 1.01. The summed E-state index contributed by atoms with van der Waals surface area (Å²) in [4.78, 5) is 0. The lowest BCUT2D eigenvalue weighted by molar-refractivity contribution is 0.268. The van der Waals surface area contributed by atoms with Gasteiger partial charge in [-0.25, -0.2) is 5.43 Å². The van der Waals surface area contributed by atoms with Crippen LogP contribution in [0.1, 0.15) is 30.9 Å². The molecule has 0 radical (unpaired) electrons. The molecule has 0 aliphatic carbocycles. The number of ether oxygens (including phenoxy) is 2. The van der Waals surface area contributed by atoms with Crippen LogP contribution in [0.4, 0.5) is 0 Å². The first kappa shape index (κ1) is 21.7. The van der Waals surface area contributed by atoms with Crippen molar-refractivity contribution in [3.8, 4) is 23.0 Å². The minimum Gasteiger partial charge on any atom is -0.495 e. The Bertz CT molecular complexity index is 799. The molecular weight excluding hydrogens is 374 g/mol. The molecule has 0 amide bonds. The van der Waals surface area contributed by atoms with Crippen molar-refractivity contribution < 1.29 is 9.47 Å². The lowest BCUT2D eigenvalue weighted by Gasteiger charge is -2.29. The summed E-state index contributed by atoms with van der Waals surface area (Å²) in [6.07, 6.45) is 0.703. The Morgan fingerprint density at radius 2 is 2.04 bits per heavy atom. The minimum atomic E-state index is -1.04. The van der Waals surface area contributed by atoms with Gasteiger partial charge in [-0.15, -0.1) is 10.7 Å². The summed E-state index contributed by atoms with van der Waals surface area (Å²) in [5.74, 6) is 16.1. The zero-order valence-electron chi connectivity index (χ0n) is 16.9. The molecule has 0 spiro atoms. The van der Waals surface area contributed by atoms with Crippen LogP contribution >= 0.6 is 0 Å². The summed E-state index contributed by atoms with van der Waals surface area (Å²) in [7, 11) is 0.610. The standard InChI is InChI=1S/C18H29N7O2Si/c1-11(2)13-9-14(26-3)12(6-7-28(4)5)8-15(13)27-16-10-21-18(23-19)22-17(16)24-25-20/h8-11,17-18,21-23,28H,19H2,1-5H3,(H2,20,24). The Labute approximate surface area is 167 Å². The lowest BCUT2D eigenvalue weighted by atomic mass is 9.99. The van der Waals surface area contributed by atoms with E-state index in [0.717, 1.165) is 16.9 Å². The Morgan fingerprint density at radius 3 is 2.61 bits per heavy atom. The van der Waals surface area contributed by atoms with Gasteiger partial charge in [0.05, 0.1) is 12.7 Å². The molecule has 2 atom stereocenters. The minimum absolute atomic E-state index is 0.212. The fourth-order valence-corrected chi connectivity index (χ4v) is 3.05. The third kappa shape index (κ3) is 5.46. The van der Waals surface area contributed by atoms with Crippen LogP contribution in [0.2, 0.25) is 13.1 Å². The van der Waals surface area contributed by atoms with E-state index in [1.807, 2.05) is 12.1 Å². The summed E-state index contributed by atoms with van der Waals surface area (Å²) in [6, 6.07) is 3.88. The lowest BCUT2D eigenvalue weighted by Crippen LogP contribution is -2.60. The molecule has 1 heterocycles. The Kier molecular flexibility index (Phi) is 7.83. The molecular formula is C18H29N7O2Si. The average molecular weight is 404 g/mol. The van der Waals surface area contributed by atoms with E-state index in [4.69, 9.17) is 21.2 Å². The number of methoxy groups -OCH3 is 1. The van der Waals surface area contributed by atoms with Crippen LogP contribution in [0.15, 0.2) is 34.4 Å². The van der Waals surface area contributed by atoms with Gasteiger partial charge >= 0.3 is 0 Å². The van der Waals surface area contributed by atoms with Crippen molar-refractivity contribution in [2.45, 2.75) is 45.3 Å². The van der Waals surface area contributed by atoms with Crippen molar-refractivity contribution >= 4 is 8.80 Å². The summed E-state index contributed by atoms with van der Waals surface area (Å²) >= 11 is 0. The topological polar surface area (TPSA) is 131 Å². The second-order valence-electron chi connectivity index (χ2n) is 6.88. The highest BCUT2D eigenvalue weighted by Gasteiger charge is 2.26. The first-order valence-electron chi connectivity index (χ1n) is 9.09. The second kappa shape index (κ2) is 10.1. The molecule has 7 N–H and O–H groups in total. The number of hydrazine groups is 1. The van der Waals surface area contributed by atoms with Crippen LogP contribution < -0.4 is 37.2 Å². The molecule has 10 heteroatoms. The van der Waals surface area contributed by atoms with Crippen molar-refractivity contribution in [3.63, 3.8) is 0 Å². The maximum absolute atomic E-state index is 6.20. The quantitative estimate of drug-likeness (QED) is 0.157. The van der Waals surface area contributed by atoms with Crippen LogP contribution in [-0.2, 0) is 0 Å². The van der Waals surface area contributed by atoms with Gasteiger partial charge in [0.2, 0.25) is 0 Å². The molecule has 2 unspecified atom stereocenters. The van der Waals surface area contributed by atoms with Gasteiger partial charge in [-0.1, -0.05) is 38.1 Å². The van der Waals surface area contributed by atoms with E-state index in [1.54, 1.807) is 13.3 Å². The van der Waals surface area contributed by atoms with Gasteiger partial charge < -0.3 is 20.6 Å². The molecule has 0 aromatic heterocycles. The number of benzene rings is 1. The third-order valence-electron chi connectivity index (χ3n) is 4.01. The number of rotatable bonds is 6. The highest BCUT2D eigenvalue weighted by atomic mass is 28.3. The van der Waals surface area contributed by atoms with Gasteiger partial charge in [0.25, 0.3) is 0 Å². The molecule has 1 aromatic rings. The van der Waals surface area contributed by atoms with Gasteiger partial charge in [0.1, 0.15) is 26.6 Å². The van der Waals surface area contributed by atoms with E-state index in [1.165, 1.54) is 0 Å². The van der Waals surface area contributed by atoms with E-state index in [2.05, 4.69) is 64.8 Å². The molecule has 0 saturated carbocycles. The normalized spacial score (nSPS) is 19.2. The molecule has 1 aromatic carbocycles. The fourth-order valence-electron chi connectivity index (χ4n) is 2.60. The second-order valence-corrected chi connectivity index (χ2v) is 9.48. The third-order valence-corrected chi connectivity index (χ3v) is 4.73. The molecule has 9 nitrogen and oxygen atoms in total. The first-order chi connectivity index (χ1) is 13.4. The largest absolute Gasteiger partial charge is 0.495 e. The van der Waals surface area contributed by atoms with Gasteiger partial charge in [-0.2, -0.15) is 0 Å². The van der Waals surface area contributed by atoms with Crippen molar-refractivity contribution in [2.24, 2.45) is 22.0 Å². The van der Waals surface area contributed by atoms with Crippen molar-refractivity contribution in [2.75, 3.05) is 7.11 Å². The summed E-state index contributed by atoms with van der Waals surface area (Å²) in [6.45, 7) is 8.53. The average Bonchev–Trinajstić information content (AvgIpc) is 2.67. The smallest absolute Gasteiger partial charge is 0.185 e. The highest BCUT2D eigenvalue weighted by molar-refractivity contribution is 6.64. The predicted molar refractivity (Wildman–Crippen MR) is 112 cm³/mol. The van der Waals surface area contributed by atoms with E-state index < -0.39 is 15.0 Å². The van der Waals surface area contributed by atoms with E-state index >= 15 is 0 Å². The Balaban J connectivity index is 2.46. The maximum Gasteiger partial charge on any atom is 0.185 e. The van der Waals surface area contributed by atoms with Crippen LogP contribution in [0.25, 0.3) is 0 Å². The van der Waals surface area contributed by atoms with Crippen LogP contribution in [-0.4, -0.2) is 28.4 Å². The SMILES string of the molecule is COc1cc(C(C)C)c(OC2=CNC(NN)NC2N=NN)cc1C#C[SiH](C)C. The fraction of sp³-hybridized carbons (Fsp3) is 0.444. The Hall–Kier alpha value is -2.58. The van der Waals surface area contributed by atoms with Gasteiger partial charge in [-0.3, -0.25) is 11.2 Å². The molecule has 1 aliphatic rings. The number of hydrogen-bond donors (Lipinski definition) is 5. The zero-order chi connectivity index (χ0) is 20.7. The number of nitrogens with two attached hydrogens (primary N) is 2. The van der Waals surface area contributed by atoms with Gasteiger partial charge in [-0.05, 0) is 12.0 Å². The molecule has 0 saturated heterocycles. The van der Waals surface area contributed by atoms with Gasteiger partial charge in [0.15, 0.2) is 11.9 Å². The van der Waals surface area contributed by atoms with E-state index in [-0.39, 0.29) is 12.2 Å². The number of hydrogen-bond acceptors (Lipinski definition) is 8. The summed E-state index contributed by atoms with van der Waals surface area (Å²) in [5.41, 5.74) is 7.65. The van der Waals surface area contributed by atoms with Crippen LogP contribution in [0, 0.1) is 11.5 Å². The molecule has 0 fully saturated rings. The molecule has 152 valence electrons. The van der Waals surface area contributed by atoms with E-state index in [9.17, 15) is 0 Å². The van der Waals surface area contributed by atoms with Crippen molar-refractivity contribution in [3.05, 3.63) is 35.2 Å². The molecule has 2 rings (SSSR count). The summed E-state index contributed by atoms with van der Waals surface area (Å²) < 4.78 is 11.7. The number of nitrogens with zero attached hydrogens (tertiary/aromatic N) is 2. The molecule has 1 aliphatic heterocycles. The summed E-state index contributed by atoms with van der Waals surface area (Å²) in [5, 5.41) is 13.4. The first-order valence-corrected chi connectivity index (χ1v) is 12.0. The zero-order valence-corrected chi connectivity index (χ0v) is 18.1. The maximum atomic E-state index is 6.20. The highest BCUT2D eigenvalue weighted by Crippen LogP contribution is 2.35. The van der Waals surface area contributed by atoms with Gasteiger partial charge in [0, 0.05) is 17.8 Å². The Morgan fingerprint density at radius 1 is 1.29 bits per heavy atom. The van der Waals surface area contributed by atoms with Crippen LogP contribution in [0.3, 0.4) is 0 Å². The number of nitrogens with one attached hydrogen (secondary N) is 3. The van der Waals surface area contributed by atoms with Crippen molar-refractivity contribution in [1.82, 2.24) is 16.1 Å². The molecule has 0 bridgehead atoms. The van der Waals surface area contributed by atoms with E-state index in [0.29, 0.717) is 11.5 Å². The van der Waals surface area contributed by atoms with Crippen molar-refractivity contribution in [1.29, 1.82) is 0 Å². The monoisotopic (exact) mass is 403 g/mol. The molecule has 28 heavy (non-hydrogen) atoms. The van der Waals surface area contributed by atoms with Crippen LogP contribution in [0.5, 0.6) is 11.5 Å².